The molecule has 1 N–H and O–H groups in total. The minimum Gasteiger partial charge on any atom is -0.394 e. The third-order valence-corrected chi connectivity index (χ3v) is 6.39. The van der Waals surface area contributed by atoms with Crippen LogP contribution in [0, 0.1) is 0 Å². The summed E-state index contributed by atoms with van der Waals surface area (Å²) in [6.07, 6.45) is 0.715. The second-order valence-electron chi connectivity index (χ2n) is 4.97. The maximum atomic E-state index is 8.71. The Morgan fingerprint density at radius 1 is 1.25 bits per heavy atom. The first-order valence-electron chi connectivity index (χ1n) is 7.36. The molecular formula is C13H28O6Si. The van der Waals surface area contributed by atoms with Gasteiger partial charge in [0, 0.05) is 18.8 Å². The Kier molecular flexibility index (Phi) is 8.86. The fraction of sp³-hybridized carbons (Fsp3) is 1.00. The van der Waals surface area contributed by atoms with Crippen molar-refractivity contribution in [2.24, 2.45) is 0 Å². The third kappa shape index (κ3) is 5.77. The Morgan fingerprint density at radius 2 is 2.00 bits per heavy atom. The van der Waals surface area contributed by atoms with E-state index in [1.807, 2.05) is 6.92 Å². The molecular weight excluding hydrogens is 280 g/mol. The lowest BCUT2D eigenvalue weighted by Crippen LogP contribution is -2.49. The van der Waals surface area contributed by atoms with Gasteiger partial charge in [-0.15, -0.1) is 0 Å². The fourth-order valence-corrected chi connectivity index (χ4v) is 4.47. The predicted molar refractivity (Wildman–Crippen MR) is 76.6 cm³/mol. The Labute approximate surface area is 122 Å². The Hall–Kier alpha value is -0.0231. The van der Waals surface area contributed by atoms with E-state index >= 15 is 0 Å². The minimum absolute atomic E-state index is 0.0243. The van der Waals surface area contributed by atoms with Crippen molar-refractivity contribution in [2.45, 2.75) is 38.8 Å². The molecule has 0 radical (unpaired) electrons. The van der Waals surface area contributed by atoms with Gasteiger partial charge in [-0.3, -0.25) is 0 Å². The van der Waals surface area contributed by atoms with Crippen molar-refractivity contribution in [2.75, 3.05) is 46.2 Å². The Balaban J connectivity index is 2.51. The van der Waals surface area contributed by atoms with Gasteiger partial charge < -0.3 is 27.9 Å². The zero-order valence-corrected chi connectivity index (χ0v) is 13.8. The topological polar surface area (TPSA) is 66.4 Å². The van der Waals surface area contributed by atoms with Crippen LogP contribution in [-0.4, -0.2) is 66.3 Å². The van der Waals surface area contributed by atoms with Crippen molar-refractivity contribution >= 4 is 8.80 Å². The largest absolute Gasteiger partial charge is 0.503 e. The van der Waals surface area contributed by atoms with E-state index in [1.165, 1.54) is 0 Å². The lowest BCUT2D eigenvalue weighted by molar-refractivity contribution is -0.0340. The molecule has 1 aliphatic rings. The quantitative estimate of drug-likeness (QED) is 0.563. The van der Waals surface area contributed by atoms with E-state index in [4.69, 9.17) is 27.9 Å². The second-order valence-corrected chi connectivity index (χ2v) is 8.20. The van der Waals surface area contributed by atoms with Gasteiger partial charge in [-0.1, -0.05) is 13.8 Å². The SMILES string of the molecule is CCO[Si]1(C(C)C)OCCOC(COCCO)CCO1. The maximum Gasteiger partial charge on any atom is 0.503 e. The molecule has 0 aromatic carbocycles. The van der Waals surface area contributed by atoms with E-state index in [9.17, 15) is 0 Å². The molecule has 2 atom stereocenters. The van der Waals surface area contributed by atoms with Crippen LogP contribution in [0.1, 0.15) is 27.2 Å². The molecule has 0 aromatic heterocycles. The smallest absolute Gasteiger partial charge is 0.394 e. The number of ether oxygens (including phenoxy) is 2. The first-order chi connectivity index (χ1) is 9.64. The summed E-state index contributed by atoms with van der Waals surface area (Å²) in [6.45, 7) is 9.04. The van der Waals surface area contributed by atoms with Gasteiger partial charge in [0.2, 0.25) is 0 Å². The monoisotopic (exact) mass is 308 g/mol. The molecule has 1 heterocycles. The Bertz CT molecular complexity index is 253. The van der Waals surface area contributed by atoms with Gasteiger partial charge in [-0.25, -0.2) is 0 Å². The summed E-state index contributed by atoms with van der Waals surface area (Å²) in [5, 5.41) is 8.71. The van der Waals surface area contributed by atoms with Gasteiger partial charge in [0.05, 0.1) is 39.1 Å². The zero-order valence-electron chi connectivity index (χ0n) is 12.8. The molecule has 0 spiro atoms. The van der Waals surface area contributed by atoms with E-state index in [0.29, 0.717) is 39.6 Å². The van der Waals surface area contributed by atoms with Gasteiger partial charge in [0.15, 0.2) is 0 Å². The van der Waals surface area contributed by atoms with Crippen LogP contribution >= 0.6 is 0 Å². The van der Waals surface area contributed by atoms with Crippen molar-refractivity contribution in [3.8, 4) is 0 Å². The number of aliphatic hydroxyl groups excluding tert-OH is 1. The first-order valence-corrected chi connectivity index (χ1v) is 9.17. The molecule has 0 bridgehead atoms. The van der Waals surface area contributed by atoms with Gasteiger partial charge in [0.25, 0.3) is 0 Å². The van der Waals surface area contributed by atoms with E-state index in [-0.39, 0.29) is 18.3 Å². The summed E-state index contributed by atoms with van der Waals surface area (Å²) in [5.41, 5.74) is 0.227. The fourth-order valence-electron chi connectivity index (χ4n) is 2.05. The van der Waals surface area contributed by atoms with Crippen LogP contribution in [0.15, 0.2) is 0 Å². The molecule has 0 aliphatic carbocycles. The molecule has 1 rings (SSSR count). The lowest BCUT2D eigenvalue weighted by atomic mass is 10.3. The zero-order chi connectivity index (χ0) is 14.8. The molecule has 0 amide bonds. The second kappa shape index (κ2) is 9.83. The molecule has 0 saturated carbocycles. The number of hydrogen-bond acceptors (Lipinski definition) is 6. The van der Waals surface area contributed by atoms with Crippen molar-refractivity contribution in [1.29, 1.82) is 0 Å². The summed E-state index contributed by atoms with van der Waals surface area (Å²) in [4.78, 5) is 0. The maximum absolute atomic E-state index is 8.71. The normalized spacial score (nSPS) is 28.9. The number of rotatable bonds is 7. The summed E-state index contributed by atoms with van der Waals surface area (Å²) < 4.78 is 28.8. The highest BCUT2D eigenvalue weighted by Gasteiger charge is 2.45. The molecule has 7 heteroatoms. The van der Waals surface area contributed by atoms with E-state index in [2.05, 4.69) is 13.8 Å². The average Bonchev–Trinajstić information content (AvgIpc) is 2.51. The van der Waals surface area contributed by atoms with Gasteiger partial charge in [0.1, 0.15) is 0 Å². The lowest BCUT2D eigenvalue weighted by Gasteiger charge is -2.31. The van der Waals surface area contributed by atoms with Gasteiger partial charge >= 0.3 is 8.80 Å². The van der Waals surface area contributed by atoms with E-state index in [1.54, 1.807) is 0 Å². The first kappa shape index (κ1) is 18.0. The minimum atomic E-state index is -2.60. The van der Waals surface area contributed by atoms with Crippen molar-refractivity contribution in [1.82, 2.24) is 0 Å². The van der Waals surface area contributed by atoms with Crippen LogP contribution in [0.5, 0.6) is 0 Å². The summed E-state index contributed by atoms with van der Waals surface area (Å²) in [6, 6.07) is 0. The van der Waals surface area contributed by atoms with Gasteiger partial charge in [-0.2, -0.15) is 0 Å². The van der Waals surface area contributed by atoms with Crippen molar-refractivity contribution in [3.63, 3.8) is 0 Å². The molecule has 1 fully saturated rings. The highest BCUT2D eigenvalue weighted by Crippen LogP contribution is 2.26. The van der Waals surface area contributed by atoms with E-state index in [0.717, 1.165) is 6.42 Å². The van der Waals surface area contributed by atoms with Crippen molar-refractivity contribution in [3.05, 3.63) is 0 Å². The average molecular weight is 308 g/mol. The van der Waals surface area contributed by atoms with Crippen LogP contribution in [0.2, 0.25) is 5.54 Å². The van der Waals surface area contributed by atoms with Crippen LogP contribution in [0.4, 0.5) is 0 Å². The molecule has 1 saturated heterocycles. The summed E-state index contributed by atoms with van der Waals surface area (Å²) >= 11 is 0. The molecule has 2 unspecified atom stereocenters. The predicted octanol–water partition coefficient (Wildman–Crippen LogP) is 1.20. The number of aliphatic hydroxyl groups is 1. The molecule has 6 nitrogen and oxygen atoms in total. The standard InChI is InChI=1S/C13H28O6Si/c1-4-17-20(12(2)3)18-7-5-13(11-15-8-6-14)16-9-10-19-20/h12-14H,4-11H2,1-3H3. The van der Waals surface area contributed by atoms with Crippen LogP contribution in [-0.2, 0) is 22.8 Å². The van der Waals surface area contributed by atoms with E-state index < -0.39 is 8.80 Å². The summed E-state index contributed by atoms with van der Waals surface area (Å²) in [5.74, 6) is 0. The number of hydrogen-bond donors (Lipinski definition) is 1. The molecule has 0 aromatic rings. The highest BCUT2D eigenvalue weighted by molar-refractivity contribution is 6.62. The third-order valence-electron chi connectivity index (χ3n) is 3.08. The van der Waals surface area contributed by atoms with Crippen LogP contribution in [0.3, 0.4) is 0 Å². The van der Waals surface area contributed by atoms with Crippen LogP contribution < -0.4 is 0 Å². The highest BCUT2D eigenvalue weighted by atomic mass is 28.4. The summed E-state index contributed by atoms with van der Waals surface area (Å²) in [7, 11) is -2.60. The molecule has 1 aliphatic heterocycles. The van der Waals surface area contributed by atoms with Crippen molar-refractivity contribution < 1.29 is 27.9 Å². The Morgan fingerprint density at radius 3 is 2.65 bits per heavy atom. The molecule has 20 heavy (non-hydrogen) atoms. The van der Waals surface area contributed by atoms with Gasteiger partial charge in [-0.05, 0) is 13.3 Å². The molecule has 120 valence electrons. The van der Waals surface area contributed by atoms with Crippen LogP contribution in [0.25, 0.3) is 0 Å².